The first-order valence-corrected chi connectivity index (χ1v) is 8.78. The molecule has 22 heavy (non-hydrogen) atoms. The molecule has 0 aliphatic carbocycles. The van der Waals surface area contributed by atoms with Crippen LogP contribution in [-0.4, -0.2) is 30.3 Å². The Kier molecular flexibility index (Phi) is 4.68. The van der Waals surface area contributed by atoms with Crippen LogP contribution in [0.1, 0.15) is 39.5 Å². The molecule has 2 heteroatoms. The molecule has 3 rings (SSSR count). The number of hydrogen-bond acceptors (Lipinski definition) is 1. The highest BCUT2D eigenvalue weighted by Crippen LogP contribution is 2.31. The van der Waals surface area contributed by atoms with Gasteiger partial charge in [0.25, 0.3) is 0 Å². The molecule has 118 valence electrons. The Bertz CT molecular complexity index is 624. The van der Waals surface area contributed by atoms with Crippen LogP contribution in [0.3, 0.4) is 0 Å². The van der Waals surface area contributed by atoms with Crippen LogP contribution in [0.15, 0.2) is 42.5 Å². The number of unbranched alkanes of at least 4 members (excludes halogenated alkanes) is 1. The first-order chi connectivity index (χ1) is 10.8. The lowest BCUT2D eigenvalue weighted by Crippen LogP contribution is -2.54. The van der Waals surface area contributed by atoms with Crippen LogP contribution in [0.25, 0.3) is 10.8 Å². The second kappa shape index (κ2) is 6.70. The van der Waals surface area contributed by atoms with Crippen molar-refractivity contribution in [3.63, 3.8) is 0 Å². The number of fused-ring (bicyclic) bond motifs is 1. The Morgan fingerprint density at radius 1 is 1.09 bits per heavy atom. The summed E-state index contributed by atoms with van der Waals surface area (Å²) in [4.78, 5) is 0. The molecule has 1 saturated heterocycles. The van der Waals surface area contributed by atoms with Gasteiger partial charge in [0.05, 0.1) is 19.6 Å². The zero-order valence-corrected chi connectivity index (χ0v) is 13.9. The Labute approximate surface area is 134 Å². The van der Waals surface area contributed by atoms with Gasteiger partial charge in [-0.25, -0.2) is 0 Å². The van der Waals surface area contributed by atoms with Crippen molar-refractivity contribution in [2.45, 2.75) is 45.8 Å². The Balaban J connectivity index is 1.80. The topological polar surface area (TPSA) is 9.23 Å². The van der Waals surface area contributed by atoms with Crippen molar-refractivity contribution in [3.8, 4) is 5.75 Å². The molecule has 0 amide bonds. The third-order valence-electron chi connectivity index (χ3n) is 5.25. The fourth-order valence-corrected chi connectivity index (χ4v) is 3.82. The van der Waals surface area contributed by atoms with E-state index in [2.05, 4.69) is 56.3 Å². The van der Waals surface area contributed by atoms with E-state index in [-0.39, 0.29) is 0 Å². The van der Waals surface area contributed by atoms with Crippen LogP contribution in [-0.2, 0) is 0 Å². The third kappa shape index (κ3) is 2.98. The lowest BCUT2D eigenvalue weighted by atomic mass is 10.1. The van der Waals surface area contributed by atoms with Crippen molar-refractivity contribution in [2.24, 2.45) is 0 Å². The van der Waals surface area contributed by atoms with Gasteiger partial charge >= 0.3 is 0 Å². The van der Waals surface area contributed by atoms with E-state index in [4.69, 9.17) is 4.74 Å². The van der Waals surface area contributed by atoms with Crippen molar-refractivity contribution in [3.05, 3.63) is 42.5 Å². The second-order valence-electron chi connectivity index (χ2n) is 6.56. The van der Waals surface area contributed by atoms with Crippen LogP contribution in [0, 0.1) is 0 Å². The van der Waals surface area contributed by atoms with Gasteiger partial charge < -0.3 is 4.74 Å². The molecule has 0 N–H and O–H groups in total. The molecule has 1 heterocycles. The Morgan fingerprint density at radius 2 is 1.91 bits per heavy atom. The summed E-state index contributed by atoms with van der Waals surface area (Å²) >= 11 is 0. The van der Waals surface area contributed by atoms with E-state index in [1.165, 1.54) is 56.1 Å². The van der Waals surface area contributed by atoms with E-state index in [1.54, 1.807) is 0 Å². The predicted octanol–water partition coefficient (Wildman–Crippen LogP) is 4.98. The maximum absolute atomic E-state index is 6.46. The minimum Gasteiger partial charge on any atom is -0.443 e. The van der Waals surface area contributed by atoms with Crippen molar-refractivity contribution in [1.29, 1.82) is 0 Å². The summed E-state index contributed by atoms with van der Waals surface area (Å²) < 4.78 is 7.60. The van der Waals surface area contributed by atoms with E-state index in [9.17, 15) is 0 Å². The first-order valence-electron chi connectivity index (χ1n) is 8.78. The number of ether oxygens (including phenoxy) is 1. The molecule has 2 unspecified atom stereocenters. The zero-order chi connectivity index (χ0) is 15.4. The van der Waals surface area contributed by atoms with Gasteiger partial charge in [-0.3, -0.25) is 4.48 Å². The fourth-order valence-electron chi connectivity index (χ4n) is 3.82. The monoisotopic (exact) mass is 298 g/mol. The molecular formula is C20H28NO+. The summed E-state index contributed by atoms with van der Waals surface area (Å²) in [6, 6.07) is 15.0. The number of benzene rings is 2. The zero-order valence-electron chi connectivity index (χ0n) is 13.9. The summed E-state index contributed by atoms with van der Waals surface area (Å²) in [6.07, 6.45) is 5.37. The van der Waals surface area contributed by atoms with Gasteiger partial charge in [-0.05, 0) is 36.2 Å². The SMILES string of the molecule is CCCC[N+]1(CC)CCCC1Oc1ccc2ccccc2c1. The average molecular weight is 298 g/mol. The lowest BCUT2D eigenvalue weighted by molar-refractivity contribution is -0.954. The molecule has 0 spiro atoms. The van der Waals surface area contributed by atoms with Gasteiger partial charge in [-0.15, -0.1) is 0 Å². The van der Waals surface area contributed by atoms with Gasteiger partial charge in [-0.2, -0.15) is 0 Å². The first kappa shape index (κ1) is 15.4. The second-order valence-corrected chi connectivity index (χ2v) is 6.56. The van der Waals surface area contributed by atoms with Crippen molar-refractivity contribution < 1.29 is 9.22 Å². The summed E-state index contributed by atoms with van der Waals surface area (Å²) in [5.74, 6) is 1.03. The van der Waals surface area contributed by atoms with E-state index in [0.717, 1.165) is 10.2 Å². The normalized spacial score (nSPS) is 24.7. The molecule has 1 aliphatic heterocycles. The van der Waals surface area contributed by atoms with E-state index < -0.39 is 0 Å². The molecule has 2 aromatic rings. The molecule has 1 fully saturated rings. The number of likely N-dealkylation sites (tertiary alicyclic amines) is 1. The molecule has 0 radical (unpaired) electrons. The van der Waals surface area contributed by atoms with Gasteiger partial charge in [0, 0.05) is 12.8 Å². The number of nitrogens with zero attached hydrogens (tertiary/aromatic N) is 1. The van der Waals surface area contributed by atoms with Crippen molar-refractivity contribution in [1.82, 2.24) is 0 Å². The molecule has 2 nitrogen and oxygen atoms in total. The van der Waals surface area contributed by atoms with Crippen LogP contribution in [0.5, 0.6) is 5.75 Å². The van der Waals surface area contributed by atoms with Gasteiger partial charge in [0.15, 0.2) is 0 Å². The number of quaternary nitrogens is 1. The molecule has 0 saturated carbocycles. The highest BCUT2D eigenvalue weighted by molar-refractivity contribution is 5.83. The van der Waals surface area contributed by atoms with Crippen LogP contribution < -0.4 is 4.74 Å². The highest BCUT2D eigenvalue weighted by atomic mass is 16.5. The van der Waals surface area contributed by atoms with Gasteiger partial charge in [0.2, 0.25) is 6.23 Å². The largest absolute Gasteiger partial charge is 0.443 e. The Hall–Kier alpha value is -1.54. The quantitative estimate of drug-likeness (QED) is 0.684. The molecule has 0 aromatic heterocycles. The molecule has 1 aliphatic rings. The van der Waals surface area contributed by atoms with E-state index in [0.29, 0.717) is 6.23 Å². The summed E-state index contributed by atoms with van der Waals surface area (Å²) in [5.41, 5.74) is 0. The van der Waals surface area contributed by atoms with Crippen molar-refractivity contribution >= 4 is 10.8 Å². The maximum atomic E-state index is 6.46. The lowest BCUT2D eigenvalue weighted by Gasteiger charge is -2.38. The minimum atomic E-state index is 0.331. The van der Waals surface area contributed by atoms with Crippen LogP contribution >= 0.6 is 0 Å². The third-order valence-corrected chi connectivity index (χ3v) is 5.25. The summed E-state index contributed by atoms with van der Waals surface area (Å²) in [7, 11) is 0. The van der Waals surface area contributed by atoms with E-state index in [1.807, 2.05) is 0 Å². The standard InChI is InChI=1S/C20H28NO/c1-3-5-14-21(4-2)15-8-11-20(21)22-19-13-12-17-9-6-7-10-18(17)16-19/h6-7,9-10,12-13,16,20H,3-5,8,11,14-15H2,1-2H3/q+1. The minimum absolute atomic E-state index is 0.331. The average Bonchev–Trinajstić information content (AvgIpc) is 2.96. The number of hydrogen-bond donors (Lipinski definition) is 0. The van der Waals surface area contributed by atoms with Crippen LogP contribution in [0.4, 0.5) is 0 Å². The smallest absolute Gasteiger partial charge is 0.233 e. The molecule has 2 atom stereocenters. The Morgan fingerprint density at radius 3 is 2.68 bits per heavy atom. The summed E-state index contributed by atoms with van der Waals surface area (Å²) in [5, 5.41) is 2.55. The maximum Gasteiger partial charge on any atom is 0.233 e. The number of rotatable bonds is 6. The summed E-state index contributed by atoms with van der Waals surface area (Å²) in [6.45, 7) is 8.30. The van der Waals surface area contributed by atoms with Gasteiger partial charge in [0.1, 0.15) is 5.75 Å². The fraction of sp³-hybridized carbons (Fsp3) is 0.500. The highest BCUT2D eigenvalue weighted by Gasteiger charge is 2.41. The molecular weight excluding hydrogens is 270 g/mol. The molecule has 0 bridgehead atoms. The van der Waals surface area contributed by atoms with Gasteiger partial charge in [-0.1, -0.05) is 43.7 Å². The van der Waals surface area contributed by atoms with E-state index >= 15 is 0 Å². The van der Waals surface area contributed by atoms with Crippen molar-refractivity contribution in [2.75, 3.05) is 19.6 Å². The predicted molar refractivity (Wildman–Crippen MR) is 93.0 cm³/mol. The van der Waals surface area contributed by atoms with Crippen LogP contribution in [0.2, 0.25) is 0 Å². The molecule has 2 aromatic carbocycles.